The van der Waals surface area contributed by atoms with E-state index in [2.05, 4.69) is 9.48 Å². The first-order valence-corrected chi connectivity index (χ1v) is 16.5. The zero-order valence-corrected chi connectivity index (χ0v) is 27.5. The highest BCUT2D eigenvalue weighted by Crippen LogP contribution is 2.52. The van der Waals surface area contributed by atoms with E-state index in [9.17, 15) is 24.5 Å². The Kier molecular flexibility index (Phi) is 6.81. The molecule has 0 amide bonds. The Bertz CT molecular complexity index is 2270. The lowest BCUT2D eigenvalue weighted by Gasteiger charge is -2.47. The van der Waals surface area contributed by atoms with Crippen LogP contribution in [0.15, 0.2) is 24.3 Å². The van der Waals surface area contributed by atoms with E-state index in [1.54, 1.807) is 12.1 Å². The maximum atomic E-state index is 16.3. The number of halogens is 4. The molecule has 3 aromatic rings. The van der Waals surface area contributed by atoms with E-state index in [-0.39, 0.29) is 41.1 Å². The van der Waals surface area contributed by atoms with Crippen LogP contribution in [0.4, 0.5) is 23.2 Å². The molecule has 7 nitrogen and oxygen atoms in total. The van der Waals surface area contributed by atoms with E-state index in [1.807, 2.05) is 39.8 Å². The van der Waals surface area contributed by atoms with Gasteiger partial charge in [-0.05, 0) is 62.5 Å². The Morgan fingerprint density at radius 3 is 2.24 bits per heavy atom. The summed E-state index contributed by atoms with van der Waals surface area (Å²) in [7, 11) is 0. The molecular formula is C38H34F4N2O5. The van der Waals surface area contributed by atoms with Crippen molar-refractivity contribution >= 4 is 28.4 Å². The number of anilines is 1. The minimum absolute atomic E-state index is 0.138. The van der Waals surface area contributed by atoms with Crippen LogP contribution >= 0.6 is 0 Å². The molecule has 5 aliphatic rings. The second-order valence-corrected chi connectivity index (χ2v) is 14.5. The highest BCUT2D eigenvalue weighted by atomic mass is 19.2. The van der Waals surface area contributed by atoms with Crippen LogP contribution in [0.1, 0.15) is 84.3 Å². The third kappa shape index (κ3) is 4.21. The lowest BCUT2D eigenvalue weighted by Crippen LogP contribution is -2.53. The standard InChI is InChI=1S/C38H34F4N2O5/c1-37(2)13-17(15-45)21-11-23-25(26-27(36(47)48)29(40)31(42)30(41)28(26)39)24-12-22-18(16-46)14-38(3,4)44-10-6-8-20(33(22)44)35(24)49-34(23)19-7-5-9-43(37)32(19)21/h11-14,45-46H,5-10,15-16H2,1-4H3. The largest absolute Gasteiger partial charge is 0.545 e. The van der Waals surface area contributed by atoms with E-state index < -0.39 is 51.4 Å². The zero-order valence-electron chi connectivity index (χ0n) is 27.5. The summed E-state index contributed by atoms with van der Waals surface area (Å²) in [5.41, 5.74) is 1.04. The lowest BCUT2D eigenvalue weighted by molar-refractivity contribution is -0.255. The minimum atomic E-state index is -2.26. The fourth-order valence-corrected chi connectivity index (χ4v) is 8.80. The molecule has 0 unspecified atom stereocenters. The predicted octanol–water partition coefficient (Wildman–Crippen LogP) is 3.49. The highest BCUT2D eigenvalue weighted by molar-refractivity contribution is 6.00. The molecule has 11 heteroatoms. The summed E-state index contributed by atoms with van der Waals surface area (Å²) >= 11 is 0. The Morgan fingerprint density at radius 2 is 1.55 bits per heavy atom. The van der Waals surface area contributed by atoms with Crippen LogP contribution in [-0.2, 0) is 12.8 Å². The number of hydrogen-bond acceptors (Lipinski definition) is 6. The number of carboxylic acid groups (broad SMARTS) is 1. The topological polar surface area (TPSA) is 96.1 Å². The number of carbonyl (C=O) groups excluding carboxylic acids is 1. The summed E-state index contributed by atoms with van der Waals surface area (Å²) in [6.45, 7) is 8.81. The van der Waals surface area contributed by atoms with E-state index in [4.69, 9.17) is 4.74 Å². The van der Waals surface area contributed by atoms with Crippen LogP contribution in [0, 0.1) is 23.3 Å². The molecule has 0 bridgehead atoms. The van der Waals surface area contributed by atoms with Crippen molar-refractivity contribution in [3.63, 3.8) is 0 Å². The first-order valence-electron chi connectivity index (χ1n) is 16.5. The van der Waals surface area contributed by atoms with Crippen molar-refractivity contribution in [1.82, 2.24) is 4.58 Å². The van der Waals surface area contributed by atoms with Gasteiger partial charge in [-0.2, -0.15) is 0 Å². The zero-order chi connectivity index (χ0) is 34.9. The number of aromatic carboxylic acids is 1. The molecule has 49 heavy (non-hydrogen) atoms. The second kappa shape index (κ2) is 10.5. The minimum Gasteiger partial charge on any atom is -0.545 e. The maximum absolute atomic E-state index is 16.3. The van der Waals surface area contributed by atoms with E-state index in [0.717, 1.165) is 22.2 Å². The summed E-state index contributed by atoms with van der Waals surface area (Å²) < 4.78 is 70.7. The van der Waals surface area contributed by atoms with Gasteiger partial charge in [0.15, 0.2) is 28.8 Å². The number of aliphatic hydroxyl groups excluding tert-OH is 2. The van der Waals surface area contributed by atoms with Crippen molar-refractivity contribution < 1.29 is 42.4 Å². The third-order valence-electron chi connectivity index (χ3n) is 10.8. The molecule has 8 rings (SSSR count). The van der Waals surface area contributed by atoms with Gasteiger partial charge in [0.2, 0.25) is 5.36 Å². The van der Waals surface area contributed by atoms with Crippen molar-refractivity contribution in [3.05, 3.63) is 97.1 Å². The van der Waals surface area contributed by atoms with Crippen LogP contribution in [0.3, 0.4) is 0 Å². The fraction of sp³-hybridized carbons (Fsp3) is 0.368. The Balaban J connectivity index is 1.62. The van der Waals surface area contributed by atoms with Crippen LogP contribution in [0.5, 0.6) is 11.5 Å². The molecule has 0 fully saturated rings. The number of rotatable bonds is 4. The molecule has 0 aliphatic carbocycles. The lowest BCUT2D eigenvalue weighted by atomic mass is 9.78. The number of nitrogens with zero attached hydrogens (tertiary/aromatic N) is 2. The quantitative estimate of drug-likeness (QED) is 0.149. The number of carbonyl (C=O) groups is 1. The van der Waals surface area contributed by atoms with E-state index in [0.29, 0.717) is 61.0 Å². The van der Waals surface area contributed by atoms with Gasteiger partial charge in [0.1, 0.15) is 18.0 Å². The smallest absolute Gasteiger partial charge is 0.215 e. The van der Waals surface area contributed by atoms with Gasteiger partial charge in [-0.15, -0.1) is 0 Å². The van der Waals surface area contributed by atoms with Gasteiger partial charge in [0.25, 0.3) is 0 Å². The summed E-state index contributed by atoms with van der Waals surface area (Å²) in [5.74, 6) is -10.1. The maximum Gasteiger partial charge on any atom is 0.215 e. The number of ether oxygens (including phenoxy) is 1. The molecule has 3 aromatic carbocycles. The molecule has 5 aliphatic heterocycles. The first-order chi connectivity index (χ1) is 23.2. The summed E-state index contributed by atoms with van der Waals surface area (Å²) in [6, 6.07) is 3.26. The van der Waals surface area contributed by atoms with Crippen LogP contribution in [0.25, 0.3) is 16.7 Å². The molecule has 5 heterocycles. The Labute approximate surface area is 279 Å². The SMILES string of the molecule is CC1(C)C=C(CO)c2cc3c(c4c2N1CCC4)Oc1c2c4c(cc1=C3c1c(F)c(F)c(F)c(F)c1C(=O)[O-])C(CO)=CC(C)(C)[N+]=4CCC2. The number of hydrogen-bond donors (Lipinski definition) is 2. The van der Waals surface area contributed by atoms with E-state index in [1.165, 1.54) is 0 Å². The molecule has 0 atom stereocenters. The van der Waals surface area contributed by atoms with Crippen molar-refractivity contribution in [2.45, 2.75) is 64.5 Å². The van der Waals surface area contributed by atoms with Crippen LogP contribution < -0.4 is 29.9 Å². The van der Waals surface area contributed by atoms with Crippen molar-refractivity contribution in [3.8, 4) is 11.5 Å². The first kappa shape index (κ1) is 31.8. The fourth-order valence-electron chi connectivity index (χ4n) is 8.80. The molecular weight excluding hydrogens is 640 g/mol. The third-order valence-corrected chi connectivity index (χ3v) is 10.8. The van der Waals surface area contributed by atoms with Crippen molar-refractivity contribution in [1.29, 1.82) is 0 Å². The van der Waals surface area contributed by atoms with Crippen LogP contribution in [-0.4, -0.2) is 53.6 Å². The molecule has 2 N–H and O–H groups in total. The predicted molar refractivity (Wildman–Crippen MR) is 173 cm³/mol. The second-order valence-electron chi connectivity index (χ2n) is 14.5. The molecule has 0 aromatic heterocycles. The molecule has 0 saturated heterocycles. The molecule has 0 spiro atoms. The number of carboxylic acids is 1. The van der Waals surface area contributed by atoms with Gasteiger partial charge in [0, 0.05) is 65.4 Å². The van der Waals surface area contributed by atoms with Gasteiger partial charge in [-0.1, -0.05) is 6.08 Å². The van der Waals surface area contributed by atoms with Gasteiger partial charge in [-0.3, -0.25) is 0 Å². The summed E-state index contributed by atoms with van der Waals surface area (Å²) in [6.07, 6.45) is 6.29. The normalized spacial score (nSPS) is 19.3. The summed E-state index contributed by atoms with van der Waals surface area (Å²) in [5, 5.41) is 34.5. The molecule has 0 radical (unpaired) electrons. The average molecular weight is 675 g/mol. The molecule has 0 saturated carbocycles. The monoisotopic (exact) mass is 674 g/mol. The van der Waals surface area contributed by atoms with E-state index >= 15 is 13.2 Å². The number of benzene rings is 3. The average Bonchev–Trinajstić information content (AvgIpc) is 3.07. The van der Waals surface area contributed by atoms with Gasteiger partial charge < -0.3 is 29.8 Å². The van der Waals surface area contributed by atoms with Crippen molar-refractivity contribution in [2.75, 3.05) is 31.2 Å². The summed E-state index contributed by atoms with van der Waals surface area (Å²) in [4.78, 5) is 14.7. The number of aliphatic hydroxyl groups is 2. The highest BCUT2D eigenvalue weighted by Gasteiger charge is 2.43. The van der Waals surface area contributed by atoms with Crippen molar-refractivity contribution in [2.24, 2.45) is 0 Å². The molecule has 254 valence electrons. The van der Waals surface area contributed by atoms with Gasteiger partial charge >= 0.3 is 0 Å². The van der Waals surface area contributed by atoms with Gasteiger partial charge in [-0.25, -0.2) is 22.1 Å². The Morgan fingerprint density at radius 1 is 0.878 bits per heavy atom. The van der Waals surface area contributed by atoms with Crippen LogP contribution in [0.2, 0.25) is 0 Å². The number of fused-ring (bicyclic) bond motifs is 4. The Hall–Kier alpha value is -4.48. The van der Waals surface area contributed by atoms with Gasteiger partial charge in [0.05, 0.1) is 41.5 Å².